The molecule has 5 nitrogen and oxygen atoms in total. The van der Waals surface area contributed by atoms with E-state index in [1.54, 1.807) is 0 Å². The normalized spacial score (nSPS) is 13.9. The molecule has 2 atom stereocenters. The Morgan fingerprint density at radius 1 is 0.919 bits per heavy atom. The molecule has 0 bridgehead atoms. The Bertz CT molecular complexity index is 1020. The Balaban J connectivity index is 2.30. The molecule has 0 aliphatic rings. The van der Waals surface area contributed by atoms with Crippen LogP contribution in [0.5, 0.6) is 5.75 Å². The van der Waals surface area contributed by atoms with Crippen molar-refractivity contribution in [1.29, 1.82) is 0 Å². The number of benzene rings is 2. The number of aliphatic hydroxyl groups excluding tert-OH is 1. The van der Waals surface area contributed by atoms with Crippen LogP contribution in [0.2, 0.25) is 0 Å². The smallest absolute Gasteiger partial charge is 0.303 e. The lowest BCUT2D eigenvalue weighted by Crippen LogP contribution is -2.29. The third-order valence-corrected chi connectivity index (χ3v) is 8.41. The second-order valence-electron chi connectivity index (χ2n) is 10.8. The van der Waals surface area contributed by atoms with E-state index in [1.807, 2.05) is 13.0 Å². The third kappa shape index (κ3) is 7.58. The number of carbonyl (C=O) groups is 1. The first-order valence-corrected chi connectivity index (χ1v) is 13.9. The quantitative estimate of drug-likeness (QED) is 0.238. The van der Waals surface area contributed by atoms with E-state index < -0.39 is 17.7 Å². The van der Waals surface area contributed by atoms with Crippen LogP contribution in [0.4, 0.5) is 0 Å². The summed E-state index contributed by atoms with van der Waals surface area (Å²) in [6.07, 6.45) is 3.49. The molecule has 0 fully saturated rings. The van der Waals surface area contributed by atoms with Crippen molar-refractivity contribution < 1.29 is 24.9 Å². The largest absolute Gasteiger partial charge is 0.491 e. The Morgan fingerprint density at radius 2 is 1.49 bits per heavy atom. The van der Waals surface area contributed by atoms with Crippen LogP contribution in [0.3, 0.4) is 0 Å². The number of rotatable bonds is 15. The maximum Gasteiger partial charge on any atom is 0.303 e. The average molecular weight is 513 g/mol. The summed E-state index contributed by atoms with van der Waals surface area (Å²) in [6, 6.07) is 13.1. The molecule has 0 amide bonds. The molecule has 5 heteroatoms. The SMILES string of the molecule is CCC(O)(CC)CC(C)c1ccc(C(CC)(CC)c2ccc(OC[C@@H](O)CCC(=O)O)c(C)c2)cc1C. The van der Waals surface area contributed by atoms with Gasteiger partial charge in [0.1, 0.15) is 12.4 Å². The van der Waals surface area contributed by atoms with Gasteiger partial charge in [-0.25, -0.2) is 0 Å². The topological polar surface area (TPSA) is 87.0 Å². The summed E-state index contributed by atoms with van der Waals surface area (Å²) in [7, 11) is 0. The highest BCUT2D eigenvalue weighted by atomic mass is 16.5. The van der Waals surface area contributed by atoms with Crippen LogP contribution in [0.25, 0.3) is 0 Å². The molecule has 2 rings (SSSR count). The molecule has 2 aromatic carbocycles. The summed E-state index contributed by atoms with van der Waals surface area (Å²) in [5.74, 6) is 0.0660. The standard InChI is InChI=1S/C32H48O5/c1-8-31(36,9-2)20-24(7)28-15-12-25(18-22(28)5)32(10-3,11-4)26-13-16-29(23(6)19-26)37-21-27(33)14-17-30(34)35/h12-13,15-16,18-19,24,27,33,36H,8-11,14,17,20-21H2,1-7H3,(H,34,35)/t24?,27-/m0/s1. The molecule has 206 valence electrons. The molecule has 0 radical (unpaired) electrons. The number of ether oxygens (including phenoxy) is 1. The molecule has 1 unspecified atom stereocenters. The fraction of sp³-hybridized carbons (Fsp3) is 0.594. The number of carboxylic acid groups (broad SMARTS) is 1. The predicted molar refractivity (Wildman–Crippen MR) is 151 cm³/mol. The van der Waals surface area contributed by atoms with Crippen molar-refractivity contribution in [2.24, 2.45) is 0 Å². The van der Waals surface area contributed by atoms with E-state index >= 15 is 0 Å². The van der Waals surface area contributed by atoms with Crippen molar-refractivity contribution in [3.8, 4) is 5.75 Å². The summed E-state index contributed by atoms with van der Waals surface area (Å²) in [6.45, 7) is 15.1. The molecule has 2 aromatic rings. The van der Waals surface area contributed by atoms with Gasteiger partial charge in [-0.05, 0) is 92.2 Å². The summed E-state index contributed by atoms with van der Waals surface area (Å²) < 4.78 is 5.83. The van der Waals surface area contributed by atoms with Gasteiger partial charge in [0, 0.05) is 11.8 Å². The molecular weight excluding hydrogens is 464 g/mol. The zero-order chi connectivity index (χ0) is 27.8. The summed E-state index contributed by atoms with van der Waals surface area (Å²) in [4.78, 5) is 10.7. The van der Waals surface area contributed by atoms with E-state index in [0.29, 0.717) is 5.75 Å². The van der Waals surface area contributed by atoms with E-state index in [0.717, 1.165) is 37.7 Å². The summed E-state index contributed by atoms with van der Waals surface area (Å²) in [5, 5.41) is 29.7. The maximum atomic E-state index is 10.9. The van der Waals surface area contributed by atoms with Crippen LogP contribution in [-0.4, -0.2) is 39.6 Å². The predicted octanol–water partition coefficient (Wildman–Crippen LogP) is 7.06. The molecule has 0 spiro atoms. The van der Waals surface area contributed by atoms with Crippen LogP contribution in [0, 0.1) is 13.8 Å². The van der Waals surface area contributed by atoms with Gasteiger partial charge >= 0.3 is 5.97 Å². The molecule has 0 aliphatic carbocycles. The van der Waals surface area contributed by atoms with Crippen LogP contribution in [-0.2, 0) is 10.2 Å². The van der Waals surface area contributed by atoms with Crippen molar-refractivity contribution in [3.63, 3.8) is 0 Å². The van der Waals surface area contributed by atoms with E-state index in [4.69, 9.17) is 9.84 Å². The number of carboxylic acids is 1. The zero-order valence-electron chi connectivity index (χ0n) is 23.9. The number of hydrogen-bond donors (Lipinski definition) is 3. The first-order valence-electron chi connectivity index (χ1n) is 13.9. The maximum absolute atomic E-state index is 10.9. The molecule has 37 heavy (non-hydrogen) atoms. The van der Waals surface area contributed by atoms with Crippen molar-refractivity contribution >= 4 is 5.97 Å². The lowest BCUT2D eigenvalue weighted by Gasteiger charge is -2.35. The Kier molecular flexibility index (Phi) is 11.2. The fourth-order valence-electron chi connectivity index (χ4n) is 5.65. The van der Waals surface area contributed by atoms with E-state index in [-0.39, 0.29) is 30.8 Å². The van der Waals surface area contributed by atoms with Crippen molar-refractivity contribution in [2.45, 2.75) is 116 Å². The first kappa shape index (κ1) is 30.9. The van der Waals surface area contributed by atoms with Gasteiger partial charge in [0.15, 0.2) is 0 Å². The highest BCUT2D eigenvalue weighted by Gasteiger charge is 2.32. The average Bonchev–Trinajstić information content (AvgIpc) is 2.87. The van der Waals surface area contributed by atoms with Gasteiger partial charge in [0.25, 0.3) is 0 Å². The Labute approximate surface area is 223 Å². The van der Waals surface area contributed by atoms with Crippen LogP contribution in [0.15, 0.2) is 36.4 Å². The highest BCUT2D eigenvalue weighted by molar-refractivity contribution is 5.66. The van der Waals surface area contributed by atoms with Crippen molar-refractivity contribution in [2.75, 3.05) is 6.61 Å². The van der Waals surface area contributed by atoms with Crippen molar-refractivity contribution in [3.05, 3.63) is 64.2 Å². The summed E-state index contributed by atoms with van der Waals surface area (Å²) in [5.41, 5.74) is 5.34. The molecular formula is C32H48O5. The van der Waals surface area contributed by atoms with Gasteiger partial charge < -0.3 is 20.1 Å². The molecule has 0 aromatic heterocycles. The van der Waals surface area contributed by atoms with Gasteiger partial charge in [-0.15, -0.1) is 0 Å². The second-order valence-corrected chi connectivity index (χ2v) is 10.8. The van der Waals surface area contributed by atoms with E-state index in [2.05, 4.69) is 71.9 Å². The number of aliphatic hydroxyl groups is 2. The zero-order valence-corrected chi connectivity index (χ0v) is 23.9. The van der Waals surface area contributed by atoms with Crippen LogP contribution >= 0.6 is 0 Å². The molecule has 0 aliphatic heterocycles. The van der Waals surface area contributed by atoms with E-state index in [1.165, 1.54) is 22.3 Å². The van der Waals surface area contributed by atoms with Crippen LogP contribution in [0.1, 0.15) is 113 Å². The summed E-state index contributed by atoms with van der Waals surface area (Å²) >= 11 is 0. The molecule has 3 N–H and O–H groups in total. The highest BCUT2D eigenvalue weighted by Crippen LogP contribution is 2.42. The van der Waals surface area contributed by atoms with Gasteiger partial charge in [-0.2, -0.15) is 0 Å². The minimum absolute atomic E-state index is 0.0736. The number of aryl methyl sites for hydroxylation is 2. The minimum Gasteiger partial charge on any atom is -0.491 e. The third-order valence-electron chi connectivity index (χ3n) is 8.41. The second kappa shape index (κ2) is 13.4. The van der Waals surface area contributed by atoms with E-state index in [9.17, 15) is 15.0 Å². The molecule has 0 heterocycles. The minimum atomic E-state index is -0.920. The van der Waals surface area contributed by atoms with Crippen LogP contribution < -0.4 is 4.74 Å². The molecule has 0 saturated carbocycles. The van der Waals surface area contributed by atoms with Gasteiger partial charge in [-0.1, -0.05) is 65.0 Å². The lowest BCUT2D eigenvalue weighted by atomic mass is 9.69. The Hall–Kier alpha value is -2.37. The number of hydrogen-bond acceptors (Lipinski definition) is 4. The Morgan fingerprint density at radius 3 is 1.97 bits per heavy atom. The number of aliphatic carboxylic acids is 1. The first-order chi connectivity index (χ1) is 17.4. The van der Waals surface area contributed by atoms with Gasteiger partial charge in [0.2, 0.25) is 0 Å². The lowest BCUT2D eigenvalue weighted by molar-refractivity contribution is -0.137. The molecule has 0 saturated heterocycles. The van der Waals surface area contributed by atoms with Gasteiger partial charge in [-0.3, -0.25) is 4.79 Å². The monoisotopic (exact) mass is 512 g/mol. The fourth-order valence-corrected chi connectivity index (χ4v) is 5.65. The van der Waals surface area contributed by atoms with Gasteiger partial charge in [0.05, 0.1) is 11.7 Å². The van der Waals surface area contributed by atoms with Crippen molar-refractivity contribution in [1.82, 2.24) is 0 Å².